The van der Waals surface area contributed by atoms with E-state index in [-0.39, 0.29) is 30.8 Å². The first kappa shape index (κ1) is 23.7. The molecule has 6 atom stereocenters. The van der Waals surface area contributed by atoms with E-state index in [0.717, 1.165) is 16.8 Å². The molecule has 8 heteroatoms. The highest BCUT2D eigenvalue weighted by molar-refractivity contribution is 5.91. The van der Waals surface area contributed by atoms with Gasteiger partial charge in [-0.25, -0.2) is 4.79 Å². The van der Waals surface area contributed by atoms with E-state index in [1.165, 1.54) is 7.11 Å². The first-order chi connectivity index (χ1) is 18.4. The summed E-state index contributed by atoms with van der Waals surface area (Å²) in [4.78, 5) is 32.4. The third-order valence-corrected chi connectivity index (χ3v) is 10.1. The zero-order chi connectivity index (χ0) is 26.4. The molecule has 4 heterocycles. The third kappa shape index (κ3) is 2.44. The lowest BCUT2D eigenvalue weighted by molar-refractivity contribution is -0.194. The molecule has 1 aliphatic carbocycles. The van der Waals surface area contributed by atoms with Crippen LogP contribution in [0.3, 0.4) is 0 Å². The van der Waals surface area contributed by atoms with Gasteiger partial charge in [-0.1, -0.05) is 29.8 Å². The van der Waals surface area contributed by atoms with Crippen LogP contribution in [0.1, 0.15) is 35.7 Å². The number of rotatable bonds is 5. The summed E-state index contributed by atoms with van der Waals surface area (Å²) in [6.07, 6.45) is 3.27. The first-order valence-corrected chi connectivity index (χ1v) is 13.2. The van der Waals surface area contributed by atoms with Crippen molar-refractivity contribution in [2.45, 2.75) is 43.2 Å². The van der Waals surface area contributed by atoms with Gasteiger partial charge in [0.25, 0.3) is 0 Å². The van der Waals surface area contributed by atoms with Crippen LogP contribution in [-0.2, 0) is 24.4 Å². The fraction of sp³-hybridized carbons (Fsp3) is 0.467. The minimum atomic E-state index is -1.20. The summed E-state index contributed by atoms with van der Waals surface area (Å²) in [5.41, 5.74) is 0.797. The van der Waals surface area contributed by atoms with Crippen LogP contribution in [0.5, 0.6) is 5.75 Å². The fourth-order valence-corrected chi connectivity index (χ4v) is 8.75. The Bertz CT molecular complexity index is 1380. The largest absolute Gasteiger partial charge is 0.497 e. The number of nitrogens with zero attached hydrogens (tertiary/aromatic N) is 2. The second-order valence-electron chi connectivity index (χ2n) is 11.1. The van der Waals surface area contributed by atoms with Crippen LogP contribution in [0.25, 0.3) is 0 Å². The molecule has 8 nitrogen and oxygen atoms in total. The molecule has 5 aliphatic rings. The maximum absolute atomic E-state index is 14.4. The average Bonchev–Trinajstić information content (AvgIpc) is 3.57. The number of hydrogen-bond acceptors (Lipinski definition) is 8. The summed E-state index contributed by atoms with van der Waals surface area (Å²) in [5.74, 6) is -0.284. The van der Waals surface area contributed by atoms with Gasteiger partial charge >= 0.3 is 11.9 Å². The number of benzene rings is 2. The molecule has 0 radical (unpaired) electrons. The second-order valence-corrected chi connectivity index (χ2v) is 11.1. The highest BCUT2D eigenvalue weighted by Gasteiger charge is 2.88. The number of hydrogen-bond donors (Lipinski definition) is 0. The van der Waals surface area contributed by atoms with Gasteiger partial charge in [-0.05, 0) is 49.2 Å². The summed E-state index contributed by atoms with van der Waals surface area (Å²) in [7, 11) is 5.14. The van der Waals surface area contributed by atoms with Crippen LogP contribution in [0, 0.1) is 11.3 Å². The Hall–Kier alpha value is -3.36. The molecule has 2 aromatic rings. The molecule has 0 aromatic heterocycles. The van der Waals surface area contributed by atoms with Crippen molar-refractivity contribution in [3.05, 3.63) is 71.3 Å². The Balaban J connectivity index is 1.49. The molecule has 0 amide bonds. The number of esters is 2. The zero-order valence-electron chi connectivity index (χ0n) is 22.1. The average molecular weight is 517 g/mol. The number of carbonyl (C=O) groups excluding carboxylic acids is 2. The van der Waals surface area contributed by atoms with Crippen molar-refractivity contribution in [1.29, 1.82) is 0 Å². The van der Waals surface area contributed by atoms with Gasteiger partial charge in [-0.2, -0.15) is 0 Å². The maximum Gasteiger partial charge on any atom is 0.338 e. The van der Waals surface area contributed by atoms with Crippen molar-refractivity contribution in [2.24, 2.45) is 11.3 Å². The van der Waals surface area contributed by atoms with Crippen LogP contribution in [0.4, 0.5) is 5.69 Å². The Morgan fingerprint density at radius 1 is 1.16 bits per heavy atom. The number of allylic oxidation sites excluding steroid dienone is 1. The summed E-state index contributed by atoms with van der Waals surface area (Å²) in [6.45, 7) is 2.63. The van der Waals surface area contributed by atoms with Crippen LogP contribution in [-0.4, -0.2) is 69.3 Å². The summed E-state index contributed by atoms with van der Waals surface area (Å²) in [6, 6.07) is 15.0. The molecule has 2 aromatic carbocycles. The molecule has 1 saturated carbocycles. The van der Waals surface area contributed by atoms with Crippen molar-refractivity contribution in [3.8, 4) is 5.75 Å². The van der Waals surface area contributed by atoms with Crippen molar-refractivity contribution in [2.75, 3.05) is 39.3 Å². The number of fused-ring (bicyclic) bond motifs is 4. The molecular formula is C30H32N2O6. The maximum atomic E-state index is 14.4. The number of methoxy groups -OCH3 is 2. The molecule has 1 spiro atoms. The van der Waals surface area contributed by atoms with E-state index in [1.807, 2.05) is 31.2 Å². The molecule has 0 unspecified atom stereocenters. The molecule has 3 saturated heterocycles. The Kier molecular flexibility index (Phi) is 4.89. The van der Waals surface area contributed by atoms with Gasteiger partial charge < -0.3 is 23.8 Å². The van der Waals surface area contributed by atoms with E-state index in [9.17, 15) is 9.59 Å². The lowest BCUT2D eigenvalue weighted by Crippen LogP contribution is -2.80. The highest BCUT2D eigenvalue weighted by Crippen LogP contribution is 2.77. The molecule has 0 N–H and O–H groups in total. The van der Waals surface area contributed by atoms with Crippen molar-refractivity contribution in [1.82, 2.24) is 4.90 Å². The van der Waals surface area contributed by atoms with Gasteiger partial charge in [0.1, 0.15) is 24.0 Å². The highest BCUT2D eigenvalue weighted by atomic mass is 16.6. The zero-order valence-corrected chi connectivity index (χ0v) is 22.1. The van der Waals surface area contributed by atoms with E-state index < -0.39 is 22.5 Å². The lowest BCUT2D eigenvalue weighted by atomic mass is 9.42. The van der Waals surface area contributed by atoms with Gasteiger partial charge in [0.15, 0.2) is 5.72 Å². The number of carbonyl (C=O) groups is 2. The molecule has 7 rings (SSSR count). The van der Waals surface area contributed by atoms with Gasteiger partial charge in [0.2, 0.25) is 0 Å². The monoisotopic (exact) mass is 516 g/mol. The summed E-state index contributed by atoms with van der Waals surface area (Å²) in [5, 5.41) is 0. The van der Waals surface area contributed by atoms with E-state index in [0.29, 0.717) is 30.7 Å². The Labute approximate surface area is 222 Å². The summed E-state index contributed by atoms with van der Waals surface area (Å²) < 4.78 is 24.5. The van der Waals surface area contributed by atoms with Gasteiger partial charge in [-0.15, -0.1) is 0 Å². The van der Waals surface area contributed by atoms with E-state index in [4.69, 9.17) is 18.9 Å². The summed E-state index contributed by atoms with van der Waals surface area (Å²) >= 11 is 0. The predicted molar refractivity (Wildman–Crippen MR) is 139 cm³/mol. The van der Waals surface area contributed by atoms with Crippen LogP contribution in [0.2, 0.25) is 0 Å². The fourth-order valence-electron chi connectivity index (χ4n) is 8.75. The SMILES string of the molecule is CC=C1CN2[C@@H]3C[C@@]45c6cc(OC)ccc6N(C)[C@]4(O3)[C@@H]2C[C@@H]1[C@@]5(COC(=O)c1ccccc1)C(=O)OC. The predicted octanol–water partition coefficient (Wildman–Crippen LogP) is 3.51. The molecule has 38 heavy (non-hydrogen) atoms. The number of ether oxygens (including phenoxy) is 4. The minimum absolute atomic E-state index is 0.0842. The van der Waals surface area contributed by atoms with Gasteiger partial charge in [0, 0.05) is 31.6 Å². The van der Waals surface area contributed by atoms with Crippen molar-refractivity contribution in [3.63, 3.8) is 0 Å². The third-order valence-electron chi connectivity index (χ3n) is 10.1. The number of anilines is 1. The topological polar surface area (TPSA) is 77.5 Å². The first-order valence-electron chi connectivity index (χ1n) is 13.2. The minimum Gasteiger partial charge on any atom is -0.497 e. The molecular weight excluding hydrogens is 484 g/mol. The quantitative estimate of drug-likeness (QED) is 0.442. The standard InChI is InChI=1S/C30H32N2O6/c1-5-18-16-32-24-14-21(18)28(27(34)36-4,17-37-26(33)19-9-7-6-8-10-19)29-15-25(32)38-30(24,29)31(2)23-12-11-20(35-3)13-22(23)29/h5-13,21,24-25H,14-17H2,1-4H3/t21-,24-,25-,28-,29-,30-/m0/s1. The van der Waals surface area contributed by atoms with E-state index in [2.05, 4.69) is 22.9 Å². The lowest BCUT2D eigenvalue weighted by Gasteiger charge is -2.65. The van der Waals surface area contributed by atoms with Gasteiger partial charge in [-0.3, -0.25) is 9.69 Å². The van der Waals surface area contributed by atoms with E-state index in [1.54, 1.807) is 31.4 Å². The number of piperidine rings is 2. The normalized spacial score (nSPS) is 36.8. The number of likely N-dealkylation sites (N-methyl/N-ethyl adjacent to an activating group) is 1. The van der Waals surface area contributed by atoms with Crippen molar-refractivity contribution >= 4 is 17.6 Å². The Morgan fingerprint density at radius 2 is 1.95 bits per heavy atom. The molecule has 4 aliphatic heterocycles. The van der Waals surface area contributed by atoms with Crippen LogP contribution in [0.15, 0.2) is 60.2 Å². The van der Waals surface area contributed by atoms with E-state index >= 15 is 0 Å². The van der Waals surface area contributed by atoms with Crippen LogP contribution >= 0.6 is 0 Å². The van der Waals surface area contributed by atoms with Gasteiger partial charge in [0.05, 0.1) is 31.2 Å². The van der Waals surface area contributed by atoms with Crippen molar-refractivity contribution < 1.29 is 28.5 Å². The second kappa shape index (κ2) is 7.83. The molecule has 198 valence electrons. The molecule has 4 bridgehead atoms. The smallest absolute Gasteiger partial charge is 0.338 e. The Morgan fingerprint density at radius 3 is 2.66 bits per heavy atom. The molecule has 4 fully saturated rings. The van der Waals surface area contributed by atoms with Crippen LogP contribution < -0.4 is 9.64 Å².